The Labute approximate surface area is 140 Å². The number of nitrogens with zero attached hydrogens (tertiary/aromatic N) is 3. The Morgan fingerprint density at radius 2 is 1.96 bits per heavy atom. The minimum atomic E-state index is -0.623. The molecule has 0 aliphatic heterocycles. The normalized spacial score (nSPS) is 11.1. The van der Waals surface area contributed by atoms with Gasteiger partial charge in [0.1, 0.15) is 5.75 Å². The highest BCUT2D eigenvalue weighted by molar-refractivity contribution is 5.97. The molecule has 25 heavy (non-hydrogen) atoms. The highest BCUT2D eigenvalue weighted by Crippen LogP contribution is 2.37. The first kappa shape index (κ1) is 16.1. The lowest BCUT2D eigenvalue weighted by atomic mass is 10.2. The first-order valence-corrected chi connectivity index (χ1v) is 7.09. The van der Waals surface area contributed by atoms with E-state index in [1.54, 1.807) is 12.1 Å². The predicted molar refractivity (Wildman–Crippen MR) is 88.5 cm³/mol. The topological polar surface area (TPSA) is 130 Å². The number of ether oxygens (including phenoxy) is 1. The van der Waals surface area contributed by atoms with Gasteiger partial charge in [0.2, 0.25) is 5.88 Å². The van der Waals surface area contributed by atoms with Gasteiger partial charge < -0.3 is 14.8 Å². The second-order valence-corrected chi connectivity index (χ2v) is 5.04. The summed E-state index contributed by atoms with van der Waals surface area (Å²) < 4.78 is 5.00. The molecule has 1 heterocycles. The first-order chi connectivity index (χ1) is 12.0. The lowest BCUT2D eigenvalue weighted by Crippen LogP contribution is -1.93. The smallest absolute Gasteiger partial charge is 0.295 e. The molecular formula is C16H12N4O5. The van der Waals surface area contributed by atoms with Crippen molar-refractivity contribution in [3.63, 3.8) is 0 Å². The lowest BCUT2D eigenvalue weighted by Gasteiger charge is -1.99. The molecule has 1 amide bonds. The van der Waals surface area contributed by atoms with Crippen LogP contribution in [0, 0.1) is 10.1 Å². The number of carbonyl (C=O) groups is 1. The van der Waals surface area contributed by atoms with Gasteiger partial charge in [-0.2, -0.15) is 0 Å². The summed E-state index contributed by atoms with van der Waals surface area (Å²) in [5.74, 6) is -0.362. The van der Waals surface area contributed by atoms with Crippen molar-refractivity contribution in [2.45, 2.75) is 0 Å². The molecule has 9 nitrogen and oxygen atoms in total. The van der Waals surface area contributed by atoms with Gasteiger partial charge in [-0.05, 0) is 30.3 Å². The number of aromatic hydroxyl groups is 1. The molecule has 2 N–H and O–H groups in total. The van der Waals surface area contributed by atoms with Crippen LogP contribution in [0.4, 0.5) is 11.4 Å². The van der Waals surface area contributed by atoms with Gasteiger partial charge in [-0.1, -0.05) is 0 Å². The molecule has 0 aliphatic rings. The van der Waals surface area contributed by atoms with Crippen molar-refractivity contribution in [2.24, 2.45) is 10.2 Å². The zero-order valence-electron chi connectivity index (χ0n) is 13.0. The molecule has 0 saturated heterocycles. The van der Waals surface area contributed by atoms with Crippen LogP contribution in [-0.2, 0) is 0 Å². The summed E-state index contributed by atoms with van der Waals surface area (Å²) in [6.07, 6.45) is 0. The Balaban J connectivity index is 1.94. The quantitative estimate of drug-likeness (QED) is 0.424. The summed E-state index contributed by atoms with van der Waals surface area (Å²) in [4.78, 5) is 25.0. The van der Waals surface area contributed by atoms with Crippen LogP contribution in [0.3, 0.4) is 0 Å². The Kier molecular flexibility index (Phi) is 4.12. The largest absolute Gasteiger partial charge is 0.497 e. The number of H-pyrrole nitrogens is 1. The third-order valence-corrected chi connectivity index (χ3v) is 3.52. The number of non-ortho nitro benzene ring substituents is 1. The van der Waals surface area contributed by atoms with Gasteiger partial charge >= 0.3 is 0 Å². The van der Waals surface area contributed by atoms with E-state index in [9.17, 15) is 20.0 Å². The van der Waals surface area contributed by atoms with Crippen molar-refractivity contribution in [1.82, 2.24) is 4.98 Å². The van der Waals surface area contributed by atoms with Crippen LogP contribution < -0.4 is 4.74 Å². The van der Waals surface area contributed by atoms with E-state index >= 15 is 0 Å². The highest BCUT2D eigenvalue weighted by atomic mass is 16.6. The van der Waals surface area contributed by atoms with Crippen molar-refractivity contribution in [1.29, 1.82) is 0 Å². The molecule has 3 rings (SSSR count). The fourth-order valence-electron chi connectivity index (χ4n) is 2.25. The SMILES string of the molecule is COc1ccc(C(=O)N=Nc2c(O)[nH]c3ccc([N+](=O)[O-])cc23)cc1. The molecule has 0 atom stereocenters. The molecule has 126 valence electrons. The third kappa shape index (κ3) is 3.15. The minimum Gasteiger partial charge on any atom is -0.497 e. The summed E-state index contributed by atoms with van der Waals surface area (Å²) in [7, 11) is 1.51. The van der Waals surface area contributed by atoms with Gasteiger partial charge in [-0.15, -0.1) is 10.2 Å². The number of nitro groups is 1. The van der Waals surface area contributed by atoms with E-state index in [1.807, 2.05) is 0 Å². The molecule has 2 aromatic carbocycles. The molecule has 0 spiro atoms. The fourth-order valence-corrected chi connectivity index (χ4v) is 2.25. The van der Waals surface area contributed by atoms with Gasteiger partial charge in [-0.25, -0.2) is 0 Å². The molecule has 9 heteroatoms. The van der Waals surface area contributed by atoms with Crippen LogP contribution in [0.1, 0.15) is 10.4 Å². The minimum absolute atomic E-state index is 0.0411. The molecule has 0 fully saturated rings. The molecule has 0 saturated carbocycles. The second kappa shape index (κ2) is 6.40. The number of methoxy groups -OCH3 is 1. The molecule has 1 aromatic heterocycles. The van der Waals surface area contributed by atoms with Gasteiger partial charge in [-0.3, -0.25) is 14.9 Å². The van der Waals surface area contributed by atoms with Crippen molar-refractivity contribution >= 4 is 28.2 Å². The monoisotopic (exact) mass is 340 g/mol. The number of azo groups is 1. The van der Waals surface area contributed by atoms with E-state index < -0.39 is 10.8 Å². The molecule has 0 bridgehead atoms. The van der Waals surface area contributed by atoms with Crippen LogP contribution in [0.15, 0.2) is 52.7 Å². The van der Waals surface area contributed by atoms with E-state index in [1.165, 1.54) is 37.4 Å². The van der Waals surface area contributed by atoms with E-state index in [4.69, 9.17) is 4.74 Å². The number of hydrogen-bond donors (Lipinski definition) is 2. The molecule has 3 aromatic rings. The number of carbonyl (C=O) groups excluding carboxylic acids is 1. The van der Waals surface area contributed by atoms with Gasteiger partial charge in [0, 0.05) is 23.1 Å². The average Bonchev–Trinajstić information content (AvgIpc) is 2.94. The van der Waals surface area contributed by atoms with Crippen molar-refractivity contribution in [2.75, 3.05) is 7.11 Å². The Morgan fingerprint density at radius 3 is 2.60 bits per heavy atom. The fraction of sp³-hybridized carbons (Fsp3) is 0.0625. The van der Waals surface area contributed by atoms with Crippen LogP contribution in [0.2, 0.25) is 0 Å². The maximum absolute atomic E-state index is 12.1. The van der Waals surface area contributed by atoms with Crippen molar-refractivity contribution in [3.8, 4) is 11.6 Å². The number of benzene rings is 2. The Hall–Kier alpha value is -3.75. The van der Waals surface area contributed by atoms with Crippen LogP contribution in [0.5, 0.6) is 11.6 Å². The van der Waals surface area contributed by atoms with Gasteiger partial charge in [0.25, 0.3) is 11.6 Å². The Morgan fingerprint density at radius 1 is 1.24 bits per heavy atom. The third-order valence-electron chi connectivity index (χ3n) is 3.52. The number of fused-ring (bicyclic) bond motifs is 1. The van der Waals surface area contributed by atoms with Gasteiger partial charge in [0.05, 0.1) is 17.5 Å². The first-order valence-electron chi connectivity index (χ1n) is 7.09. The van der Waals surface area contributed by atoms with Gasteiger partial charge in [0.15, 0.2) is 5.69 Å². The highest BCUT2D eigenvalue weighted by Gasteiger charge is 2.15. The number of nitrogens with one attached hydrogen (secondary N) is 1. The molecule has 0 aliphatic carbocycles. The van der Waals surface area contributed by atoms with Crippen LogP contribution >= 0.6 is 0 Å². The number of hydrogen-bond acceptors (Lipinski definition) is 6. The lowest BCUT2D eigenvalue weighted by molar-refractivity contribution is -0.384. The number of rotatable bonds is 4. The molecule has 0 unspecified atom stereocenters. The zero-order valence-corrected chi connectivity index (χ0v) is 13.0. The van der Waals surface area contributed by atoms with Crippen molar-refractivity contribution in [3.05, 3.63) is 58.1 Å². The Bertz CT molecular complexity index is 992. The summed E-state index contributed by atoms with van der Waals surface area (Å²) in [5.41, 5.74) is 0.522. The van der Waals surface area contributed by atoms with E-state index in [-0.39, 0.29) is 28.2 Å². The van der Waals surface area contributed by atoms with E-state index in [0.717, 1.165) is 0 Å². The van der Waals surface area contributed by atoms with E-state index in [2.05, 4.69) is 15.2 Å². The van der Waals surface area contributed by atoms with E-state index in [0.29, 0.717) is 11.3 Å². The number of nitro benzene ring substituents is 1. The van der Waals surface area contributed by atoms with Crippen molar-refractivity contribution < 1.29 is 19.6 Å². The number of amides is 1. The predicted octanol–water partition coefficient (Wildman–Crippen LogP) is 3.71. The average molecular weight is 340 g/mol. The summed E-state index contributed by atoms with van der Waals surface area (Å²) in [6.45, 7) is 0. The summed E-state index contributed by atoms with van der Waals surface area (Å²) in [6, 6.07) is 10.3. The summed E-state index contributed by atoms with van der Waals surface area (Å²) >= 11 is 0. The van der Waals surface area contributed by atoms with Crippen LogP contribution in [0.25, 0.3) is 10.9 Å². The molecule has 0 radical (unpaired) electrons. The number of aromatic nitrogens is 1. The maximum Gasteiger partial charge on any atom is 0.295 e. The maximum atomic E-state index is 12.1. The zero-order chi connectivity index (χ0) is 18.0. The second-order valence-electron chi connectivity index (χ2n) is 5.04. The standard InChI is InChI=1S/C16H12N4O5/c1-25-11-5-2-9(3-6-11)15(21)19-18-14-12-8-10(20(23)24)4-7-13(12)17-16(14)22/h2-8,17,22H,1H3. The van der Waals surface area contributed by atoms with Crippen LogP contribution in [-0.4, -0.2) is 28.0 Å². The summed E-state index contributed by atoms with van der Waals surface area (Å²) in [5, 5.41) is 28.4. The number of aromatic amines is 1. The molecular weight excluding hydrogens is 328 g/mol.